The van der Waals surface area contributed by atoms with Gasteiger partial charge in [0.2, 0.25) is 11.9 Å². The molecule has 2 aromatic carbocycles. The molecule has 7 nitrogen and oxygen atoms in total. The molecule has 1 aliphatic rings. The highest BCUT2D eigenvalue weighted by molar-refractivity contribution is 5.54. The number of piperazine rings is 1. The summed E-state index contributed by atoms with van der Waals surface area (Å²) < 4.78 is 0. The summed E-state index contributed by atoms with van der Waals surface area (Å²) in [5.41, 5.74) is 9.33. The fourth-order valence-corrected chi connectivity index (χ4v) is 3.91. The fraction of sp³-hybridized carbons (Fsp3) is 0.292. The fourth-order valence-electron chi connectivity index (χ4n) is 3.91. The van der Waals surface area contributed by atoms with Gasteiger partial charge in [-0.15, -0.1) is 0 Å². The van der Waals surface area contributed by atoms with E-state index in [4.69, 9.17) is 5.73 Å². The van der Waals surface area contributed by atoms with E-state index in [-0.39, 0.29) is 5.95 Å². The van der Waals surface area contributed by atoms with Crippen LogP contribution < -0.4 is 20.9 Å². The molecule has 0 unspecified atom stereocenters. The highest BCUT2D eigenvalue weighted by atomic mass is 15.3. The first kappa shape index (κ1) is 21.0. The Morgan fingerprint density at radius 2 is 1.71 bits per heavy atom. The molecule has 160 valence electrons. The Kier molecular flexibility index (Phi) is 6.86. The van der Waals surface area contributed by atoms with Crippen LogP contribution in [0.4, 0.5) is 17.6 Å². The van der Waals surface area contributed by atoms with Crippen LogP contribution in [0.5, 0.6) is 0 Å². The van der Waals surface area contributed by atoms with Gasteiger partial charge in [0.15, 0.2) is 5.82 Å². The summed E-state index contributed by atoms with van der Waals surface area (Å²) in [5.74, 6) is 1.50. The molecule has 0 bridgehead atoms. The first-order valence-electron chi connectivity index (χ1n) is 10.9. The number of rotatable bonds is 7. The predicted octanol–water partition coefficient (Wildman–Crippen LogP) is 0.503. The lowest BCUT2D eigenvalue weighted by Crippen LogP contribution is -3.27. The molecule has 0 spiro atoms. The topological polar surface area (TPSA) is 85.6 Å². The van der Waals surface area contributed by atoms with E-state index in [2.05, 4.69) is 75.7 Å². The zero-order valence-corrected chi connectivity index (χ0v) is 18.0. The van der Waals surface area contributed by atoms with Crippen molar-refractivity contribution in [1.82, 2.24) is 15.0 Å². The molecule has 0 radical (unpaired) electrons. The van der Waals surface area contributed by atoms with Gasteiger partial charge in [-0.05, 0) is 36.3 Å². The van der Waals surface area contributed by atoms with Crippen molar-refractivity contribution in [3.8, 4) is 0 Å². The first-order valence-corrected chi connectivity index (χ1v) is 10.9. The Labute approximate surface area is 183 Å². The number of anilines is 3. The zero-order valence-electron chi connectivity index (χ0n) is 18.0. The molecule has 3 aromatic rings. The Bertz CT molecular complexity index is 1010. The maximum absolute atomic E-state index is 5.95. The molecule has 1 aromatic heterocycles. The lowest BCUT2D eigenvalue weighted by molar-refractivity contribution is -1.02. The second-order valence-corrected chi connectivity index (χ2v) is 8.12. The van der Waals surface area contributed by atoms with Gasteiger partial charge in [0.05, 0.1) is 6.54 Å². The largest absolute Gasteiger partial charge is 0.368 e. The smallest absolute Gasteiger partial charge is 0.232 e. The van der Waals surface area contributed by atoms with Crippen molar-refractivity contribution in [1.29, 1.82) is 0 Å². The predicted molar refractivity (Wildman–Crippen MR) is 124 cm³/mol. The van der Waals surface area contributed by atoms with Gasteiger partial charge >= 0.3 is 0 Å². The van der Waals surface area contributed by atoms with E-state index in [0.29, 0.717) is 5.95 Å². The Balaban J connectivity index is 1.29. The van der Waals surface area contributed by atoms with Crippen LogP contribution in [0.2, 0.25) is 0 Å². The van der Waals surface area contributed by atoms with Crippen LogP contribution in [0.15, 0.2) is 60.7 Å². The van der Waals surface area contributed by atoms with Crippen LogP contribution in [-0.2, 0) is 6.54 Å². The monoisotopic (exact) mass is 417 g/mol. The number of aryl methyl sites for hydroxylation is 1. The standard InChI is InChI=1S/C24H29N7/c1-19-7-5-11-21(17-19)26-24-28-22(27-23(25)29-24)18-31-15-13-30(14-16-31)12-6-10-20-8-3-2-4-9-20/h2-11,17H,12-16,18H2,1H3,(H3,25,26,27,28,29)/p+2/b10-6+. The third-order valence-corrected chi connectivity index (χ3v) is 5.56. The molecule has 1 aliphatic heterocycles. The van der Waals surface area contributed by atoms with Crippen LogP contribution in [-0.4, -0.2) is 47.7 Å². The summed E-state index contributed by atoms with van der Waals surface area (Å²) in [6.45, 7) is 8.36. The molecule has 4 rings (SSSR count). The van der Waals surface area contributed by atoms with E-state index in [1.165, 1.54) is 16.0 Å². The third-order valence-electron chi connectivity index (χ3n) is 5.56. The number of aromatic nitrogens is 3. The van der Waals surface area contributed by atoms with E-state index in [1.807, 2.05) is 18.2 Å². The molecule has 1 fully saturated rings. The molecule has 5 N–H and O–H groups in total. The van der Waals surface area contributed by atoms with E-state index in [9.17, 15) is 0 Å². The summed E-state index contributed by atoms with van der Waals surface area (Å²) in [4.78, 5) is 16.3. The van der Waals surface area contributed by atoms with E-state index in [0.717, 1.165) is 50.8 Å². The number of nitrogens with one attached hydrogen (secondary N) is 3. The molecule has 0 atom stereocenters. The third kappa shape index (κ3) is 6.34. The van der Waals surface area contributed by atoms with Crippen molar-refractivity contribution < 1.29 is 9.80 Å². The maximum atomic E-state index is 5.95. The average molecular weight is 418 g/mol. The van der Waals surface area contributed by atoms with Gasteiger partial charge < -0.3 is 20.9 Å². The first-order chi connectivity index (χ1) is 15.1. The quantitative estimate of drug-likeness (QED) is 0.450. The average Bonchev–Trinajstić information content (AvgIpc) is 2.75. The van der Waals surface area contributed by atoms with Crippen LogP contribution in [0.3, 0.4) is 0 Å². The summed E-state index contributed by atoms with van der Waals surface area (Å²) in [6, 6.07) is 18.6. The van der Waals surface area contributed by atoms with Gasteiger partial charge in [-0.1, -0.05) is 48.5 Å². The highest BCUT2D eigenvalue weighted by Crippen LogP contribution is 2.14. The molecule has 2 heterocycles. The van der Waals surface area contributed by atoms with Gasteiger partial charge in [-0.3, -0.25) is 0 Å². The minimum absolute atomic E-state index is 0.259. The van der Waals surface area contributed by atoms with Crippen molar-refractivity contribution >= 4 is 23.7 Å². The molecule has 1 saturated heterocycles. The summed E-state index contributed by atoms with van der Waals surface area (Å²) in [6.07, 6.45) is 4.49. The van der Waals surface area contributed by atoms with E-state index < -0.39 is 0 Å². The van der Waals surface area contributed by atoms with Crippen LogP contribution >= 0.6 is 0 Å². The van der Waals surface area contributed by atoms with Crippen molar-refractivity contribution in [2.45, 2.75) is 13.5 Å². The highest BCUT2D eigenvalue weighted by Gasteiger charge is 2.23. The lowest BCUT2D eigenvalue weighted by Gasteiger charge is -2.28. The van der Waals surface area contributed by atoms with Crippen molar-refractivity contribution in [3.63, 3.8) is 0 Å². The summed E-state index contributed by atoms with van der Waals surface area (Å²) in [7, 11) is 0. The number of hydrogen-bond donors (Lipinski definition) is 4. The lowest BCUT2D eigenvalue weighted by atomic mass is 10.2. The number of nitrogens with zero attached hydrogens (tertiary/aromatic N) is 3. The van der Waals surface area contributed by atoms with Gasteiger partial charge in [0, 0.05) is 5.69 Å². The van der Waals surface area contributed by atoms with Crippen molar-refractivity contribution in [2.75, 3.05) is 43.8 Å². The number of hydrogen-bond acceptors (Lipinski definition) is 5. The second-order valence-electron chi connectivity index (χ2n) is 8.12. The zero-order chi connectivity index (χ0) is 21.5. The number of benzene rings is 2. The van der Waals surface area contributed by atoms with Crippen molar-refractivity contribution in [3.05, 3.63) is 77.6 Å². The minimum Gasteiger partial charge on any atom is -0.368 e. The van der Waals surface area contributed by atoms with Gasteiger partial charge in [-0.2, -0.15) is 15.0 Å². The van der Waals surface area contributed by atoms with E-state index in [1.54, 1.807) is 4.90 Å². The molecule has 0 amide bonds. The molecule has 7 heteroatoms. The van der Waals surface area contributed by atoms with Crippen LogP contribution in [0.1, 0.15) is 17.0 Å². The van der Waals surface area contributed by atoms with Crippen LogP contribution in [0.25, 0.3) is 6.08 Å². The normalized spacial score (nSPS) is 18.9. The number of nitrogens with two attached hydrogens (primary N) is 1. The number of quaternary nitrogens is 2. The molecule has 31 heavy (non-hydrogen) atoms. The van der Waals surface area contributed by atoms with Gasteiger partial charge in [-0.25, -0.2) is 0 Å². The Morgan fingerprint density at radius 1 is 0.935 bits per heavy atom. The van der Waals surface area contributed by atoms with Crippen molar-refractivity contribution in [2.24, 2.45) is 0 Å². The summed E-state index contributed by atoms with van der Waals surface area (Å²) in [5, 5.41) is 3.24. The number of nitrogen functional groups attached to an aromatic ring is 1. The molecule has 0 saturated carbocycles. The van der Waals surface area contributed by atoms with Gasteiger partial charge in [0.1, 0.15) is 32.7 Å². The summed E-state index contributed by atoms with van der Waals surface area (Å²) >= 11 is 0. The van der Waals surface area contributed by atoms with Gasteiger partial charge in [0.25, 0.3) is 0 Å². The molecule has 0 aliphatic carbocycles. The Hall–Kier alpha value is -3.29. The SMILES string of the molecule is Cc1cccc(Nc2nc(N)nc(C[NH+]3CC[NH+](C/C=C/c4ccccc4)CC3)n2)c1. The molecular weight excluding hydrogens is 386 g/mol. The molecular formula is C24H31N7+2. The Morgan fingerprint density at radius 3 is 2.48 bits per heavy atom. The minimum atomic E-state index is 0.259. The maximum Gasteiger partial charge on any atom is 0.232 e. The van der Waals surface area contributed by atoms with E-state index >= 15 is 0 Å². The van der Waals surface area contributed by atoms with Crippen LogP contribution in [0, 0.1) is 6.92 Å². The second kappa shape index (κ2) is 10.1.